The Hall–Kier alpha value is -0.130. The zero-order valence-corrected chi connectivity index (χ0v) is 10.0. The normalized spacial score (nSPS) is 30.1. The van der Waals surface area contributed by atoms with E-state index in [9.17, 15) is 13.5 Å². The number of aliphatic hydroxyl groups is 1. The van der Waals surface area contributed by atoms with Crippen molar-refractivity contribution in [2.75, 3.05) is 6.54 Å². The predicted octanol–water partition coefficient (Wildman–Crippen LogP) is 0.570. The fraction of sp³-hybridized carbons (Fsp3) is 1.00. The minimum atomic E-state index is -3.23. The number of sulfonamides is 1. The van der Waals surface area contributed by atoms with Gasteiger partial charge in [-0.05, 0) is 27.2 Å². The Balaban J connectivity index is 2.73. The van der Waals surface area contributed by atoms with Gasteiger partial charge in [-0.1, -0.05) is 6.92 Å². The minimum absolute atomic E-state index is 0.191. The van der Waals surface area contributed by atoms with Crippen LogP contribution in [0.15, 0.2) is 0 Å². The van der Waals surface area contributed by atoms with Crippen molar-refractivity contribution in [3.8, 4) is 0 Å². The summed E-state index contributed by atoms with van der Waals surface area (Å²) in [6.45, 7) is 7.35. The summed E-state index contributed by atoms with van der Waals surface area (Å²) in [5, 5.41) is 9.49. The van der Waals surface area contributed by atoms with Crippen LogP contribution < -0.4 is 0 Å². The van der Waals surface area contributed by atoms with Crippen molar-refractivity contribution in [3.63, 3.8) is 0 Å². The van der Waals surface area contributed by atoms with Crippen molar-refractivity contribution in [1.82, 2.24) is 4.31 Å². The van der Waals surface area contributed by atoms with Gasteiger partial charge in [-0.2, -0.15) is 4.31 Å². The van der Waals surface area contributed by atoms with E-state index in [1.54, 1.807) is 20.8 Å². The Morgan fingerprint density at radius 1 is 1.50 bits per heavy atom. The van der Waals surface area contributed by atoms with Gasteiger partial charge in [-0.15, -0.1) is 0 Å². The maximum absolute atomic E-state index is 11.9. The number of hydrogen-bond acceptors (Lipinski definition) is 3. The summed E-state index contributed by atoms with van der Waals surface area (Å²) in [6.07, 6.45) is 0.0769. The molecule has 1 N–H and O–H groups in total. The van der Waals surface area contributed by atoms with Crippen LogP contribution in [0.3, 0.4) is 0 Å². The van der Waals surface area contributed by atoms with Crippen molar-refractivity contribution in [2.24, 2.45) is 0 Å². The van der Waals surface area contributed by atoms with Crippen LogP contribution in [-0.2, 0) is 10.0 Å². The molecule has 5 heteroatoms. The average Bonchev–Trinajstić information content (AvgIpc) is 2.80. The topological polar surface area (TPSA) is 57.4 Å². The molecule has 14 heavy (non-hydrogen) atoms. The highest BCUT2D eigenvalue weighted by Crippen LogP contribution is 2.33. The molecule has 1 fully saturated rings. The SMILES string of the molecule is CCC(O)C1CN1S(=O)(=O)C(C)(C)C. The van der Waals surface area contributed by atoms with Gasteiger partial charge in [0.05, 0.1) is 16.9 Å². The number of hydrogen-bond donors (Lipinski definition) is 1. The lowest BCUT2D eigenvalue weighted by molar-refractivity contribution is 0.160. The summed E-state index contributed by atoms with van der Waals surface area (Å²) >= 11 is 0. The molecule has 0 bridgehead atoms. The highest BCUT2D eigenvalue weighted by molar-refractivity contribution is 7.90. The standard InChI is InChI=1S/C9H19NO3S/c1-5-8(11)7-6-10(7)14(12,13)9(2,3)4/h7-8,11H,5-6H2,1-4H3. The molecule has 1 saturated heterocycles. The van der Waals surface area contributed by atoms with Crippen molar-refractivity contribution in [1.29, 1.82) is 0 Å². The van der Waals surface area contributed by atoms with E-state index in [0.717, 1.165) is 0 Å². The summed E-state index contributed by atoms with van der Waals surface area (Å²) in [5.41, 5.74) is 0. The molecule has 1 rings (SSSR count). The zero-order chi connectivity index (χ0) is 11.1. The molecule has 3 atom stereocenters. The van der Waals surface area contributed by atoms with Crippen LogP contribution in [0.5, 0.6) is 0 Å². The highest BCUT2D eigenvalue weighted by atomic mass is 32.2. The fourth-order valence-electron chi connectivity index (χ4n) is 1.35. The van der Waals surface area contributed by atoms with Crippen molar-refractivity contribution in [2.45, 2.75) is 51.0 Å². The van der Waals surface area contributed by atoms with Crippen LogP contribution in [-0.4, -0.2) is 41.3 Å². The second-order valence-corrected chi connectivity index (χ2v) is 7.37. The second-order valence-electron chi connectivity index (χ2n) is 4.73. The first kappa shape index (κ1) is 11.9. The number of rotatable bonds is 3. The zero-order valence-electron chi connectivity index (χ0n) is 9.19. The van der Waals surface area contributed by atoms with Gasteiger partial charge in [0.25, 0.3) is 0 Å². The van der Waals surface area contributed by atoms with Crippen LogP contribution in [0.2, 0.25) is 0 Å². The van der Waals surface area contributed by atoms with Crippen molar-refractivity contribution < 1.29 is 13.5 Å². The van der Waals surface area contributed by atoms with E-state index in [-0.39, 0.29) is 6.04 Å². The molecule has 0 aliphatic carbocycles. The van der Waals surface area contributed by atoms with E-state index in [4.69, 9.17) is 0 Å². The third-order valence-corrected chi connectivity index (χ3v) is 5.13. The van der Waals surface area contributed by atoms with Crippen LogP contribution in [0.25, 0.3) is 0 Å². The first-order valence-corrected chi connectivity index (χ1v) is 6.35. The molecule has 1 aliphatic rings. The number of nitrogens with zero attached hydrogens (tertiary/aromatic N) is 1. The quantitative estimate of drug-likeness (QED) is 0.709. The maximum atomic E-state index is 11.9. The van der Waals surface area contributed by atoms with Crippen molar-refractivity contribution in [3.05, 3.63) is 0 Å². The minimum Gasteiger partial charge on any atom is -0.391 e. The molecule has 4 nitrogen and oxygen atoms in total. The largest absolute Gasteiger partial charge is 0.391 e. The van der Waals surface area contributed by atoms with E-state index in [0.29, 0.717) is 13.0 Å². The van der Waals surface area contributed by atoms with Gasteiger partial charge in [-0.25, -0.2) is 8.42 Å². The van der Waals surface area contributed by atoms with Gasteiger partial charge in [-0.3, -0.25) is 0 Å². The third-order valence-electron chi connectivity index (χ3n) is 2.55. The van der Waals surface area contributed by atoms with E-state index in [2.05, 4.69) is 0 Å². The molecule has 1 aliphatic heterocycles. The average molecular weight is 221 g/mol. The summed E-state index contributed by atoms with van der Waals surface area (Å²) < 4.78 is 24.3. The molecule has 0 aromatic rings. The van der Waals surface area contributed by atoms with Crippen molar-refractivity contribution >= 4 is 10.0 Å². The molecule has 0 radical (unpaired) electrons. The Morgan fingerprint density at radius 3 is 2.36 bits per heavy atom. The Bertz CT molecular complexity index is 305. The van der Waals surface area contributed by atoms with Gasteiger partial charge in [0.1, 0.15) is 0 Å². The van der Waals surface area contributed by atoms with Gasteiger partial charge in [0.15, 0.2) is 0 Å². The van der Waals surface area contributed by atoms with Crippen LogP contribution in [0, 0.1) is 0 Å². The maximum Gasteiger partial charge on any atom is 0.219 e. The first-order valence-electron chi connectivity index (χ1n) is 4.91. The fourth-order valence-corrected chi connectivity index (χ4v) is 2.90. The molecule has 0 aromatic carbocycles. The predicted molar refractivity (Wildman–Crippen MR) is 55.5 cm³/mol. The Labute approximate surface area is 86.0 Å². The summed E-state index contributed by atoms with van der Waals surface area (Å²) in [4.78, 5) is 0. The van der Waals surface area contributed by atoms with E-state index in [1.165, 1.54) is 4.31 Å². The molecular formula is C9H19NO3S. The summed E-state index contributed by atoms with van der Waals surface area (Å²) in [7, 11) is -3.23. The van der Waals surface area contributed by atoms with Crippen LogP contribution in [0.1, 0.15) is 34.1 Å². The lowest BCUT2D eigenvalue weighted by Crippen LogP contribution is -2.36. The lowest BCUT2D eigenvalue weighted by atomic mass is 10.2. The van der Waals surface area contributed by atoms with Gasteiger partial charge in [0, 0.05) is 6.54 Å². The van der Waals surface area contributed by atoms with Gasteiger partial charge in [0.2, 0.25) is 10.0 Å². The van der Waals surface area contributed by atoms with E-state index in [1.807, 2.05) is 6.92 Å². The summed E-state index contributed by atoms with van der Waals surface area (Å²) in [6, 6.07) is -0.191. The lowest BCUT2D eigenvalue weighted by Gasteiger charge is -2.20. The molecule has 0 spiro atoms. The highest BCUT2D eigenvalue weighted by Gasteiger charge is 2.51. The molecule has 1 heterocycles. The first-order chi connectivity index (χ1) is 6.21. The monoisotopic (exact) mass is 221 g/mol. The molecule has 84 valence electrons. The second kappa shape index (κ2) is 3.47. The van der Waals surface area contributed by atoms with Gasteiger partial charge >= 0.3 is 0 Å². The number of aliphatic hydroxyl groups excluding tert-OH is 1. The third kappa shape index (κ3) is 1.94. The van der Waals surface area contributed by atoms with Crippen LogP contribution in [0.4, 0.5) is 0 Å². The van der Waals surface area contributed by atoms with E-state index >= 15 is 0 Å². The van der Waals surface area contributed by atoms with E-state index < -0.39 is 20.9 Å². The summed E-state index contributed by atoms with van der Waals surface area (Å²) in [5.74, 6) is 0. The molecular weight excluding hydrogens is 202 g/mol. The molecule has 3 unspecified atom stereocenters. The Morgan fingerprint density at radius 2 is 2.00 bits per heavy atom. The Kier molecular flexibility index (Phi) is 2.96. The molecule has 0 saturated carbocycles. The van der Waals surface area contributed by atoms with Crippen LogP contribution >= 0.6 is 0 Å². The van der Waals surface area contributed by atoms with Gasteiger partial charge < -0.3 is 5.11 Å². The smallest absolute Gasteiger partial charge is 0.219 e. The molecule has 0 amide bonds. The molecule has 0 aromatic heterocycles.